The van der Waals surface area contributed by atoms with Crippen molar-refractivity contribution in [2.45, 2.75) is 11.8 Å². The Morgan fingerprint density at radius 3 is 2.54 bits per heavy atom. The Balaban J connectivity index is 2.04. The molecule has 68 valence electrons. The summed E-state index contributed by atoms with van der Waals surface area (Å²) < 4.78 is 0. The van der Waals surface area contributed by atoms with E-state index in [1.54, 1.807) is 22.7 Å². The van der Waals surface area contributed by atoms with Gasteiger partial charge in [-0.1, -0.05) is 0 Å². The average molecular weight is 229 g/mol. The van der Waals surface area contributed by atoms with Crippen molar-refractivity contribution in [3.63, 3.8) is 0 Å². The highest BCUT2D eigenvalue weighted by Gasteiger charge is 2.08. The van der Waals surface area contributed by atoms with Gasteiger partial charge in [-0.15, -0.1) is 11.6 Å². The first-order chi connectivity index (χ1) is 6.36. The quantitative estimate of drug-likeness (QED) is 0.686. The Kier molecular flexibility index (Phi) is 3.04. The maximum atomic E-state index is 6.25. The van der Waals surface area contributed by atoms with Crippen LogP contribution in [-0.4, -0.2) is 0 Å². The summed E-state index contributed by atoms with van der Waals surface area (Å²) in [5, 5.41) is 8.55. The zero-order chi connectivity index (χ0) is 9.10. The van der Waals surface area contributed by atoms with Crippen LogP contribution in [0.25, 0.3) is 0 Å². The zero-order valence-corrected chi connectivity index (χ0v) is 9.33. The minimum absolute atomic E-state index is 0.126. The summed E-state index contributed by atoms with van der Waals surface area (Å²) in [6, 6.07) is 4.22. The van der Waals surface area contributed by atoms with Gasteiger partial charge in [0.15, 0.2) is 0 Å². The SMILES string of the molecule is ClC(Cc1ccsc1)c1ccsc1. The van der Waals surface area contributed by atoms with Crippen LogP contribution in [0.1, 0.15) is 16.5 Å². The number of thiophene rings is 2. The van der Waals surface area contributed by atoms with Crippen molar-refractivity contribution >= 4 is 34.3 Å². The number of rotatable bonds is 3. The molecule has 0 aliphatic carbocycles. The molecule has 0 bridgehead atoms. The molecule has 0 nitrogen and oxygen atoms in total. The molecular formula is C10H9ClS2. The molecule has 2 rings (SSSR count). The molecule has 0 saturated carbocycles. The minimum atomic E-state index is 0.126. The third-order valence-electron chi connectivity index (χ3n) is 1.90. The van der Waals surface area contributed by atoms with Gasteiger partial charge in [0.05, 0.1) is 5.38 Å². The molecule has 0 fully saturated rings. The van der Waals surface area contributed by atoms with E-state index in [1.807, 2.05) is 0 Å². The molecule has 13 heavy (non-hydrogen) atoms. The van der Waals surface area contributed by atoms with Crippen molar-refractivity contribution in [1.82, 2.24) is 0 Å². The minimum Gasteiger partial charge on any atom is -0.152 e. The largest absolute Gasteiger partial charge is 0.152 e. The molecule has 0 saturated heterocycles. The molecule has 2 aromatic heterocycles. The fourth-order valence-electron chi connectivity index (χ4n) is 1.19. The Bertz CT molecular complexity index is 337. The average Bonchev–Trinajstić information content (AvgIpc) is 2.74. The fourth-order valence-corrected chi connectivity index (χ4v) is 2.97. The first kappa shape index (κ1) is 9.25. The van der Waals surface area contributed by atoms with E-state index in [2.05, 4.69) is 33.7 Å². The summed E-state index contributed by atoms with van der Waals surface area (Å²) in [6.45, 7) is 0. The van der Waals surface area contributed by atoms with Gasteiger partial charge in [-0.05, 0) is 51.2 Å². The highest BCUT2D eigenvalue weighted by atomic mass is 35.5. The molecule has 0 N–H and O–H groups in total. The highest BCUT2D eigenvalue weighted by molar-refractivity contribution is 7.08. The Hall–Kier alpha value is -0.310. The molecule has 3 heteroatoms. The van der Waals surface area contributed by atoms with Crippen LogP contribution < -0.4 is 0 Å². The van der Waals surface area contributed by atoms with Gasteiger partial charge >= 0.3 is 0 Å². The second-order valence-electron chi connectivity index (χ2n) is 2.86. The summed E-state index contributed by atoms with van der Waals surface area (Å²) in [7, 11) is 0. The molecular weight excluding hydrogens is 220 g/mol. The summed E-state index contributed by atoms with van der Waals surface area (Å²) in [5.41, 5.74) is 2.56. The van der Waals surface area contributed by atoms with E-state index >= 15 is 0 Å². The molecule has 0 aromatic carbocycles. The molecule has 2 heterocycles. The molecule has 2 aromatic rings. The van der Waals surface area contributed by atoms with Crippen molar-refractivity contribution in [1.29, 1.82) is 0 Å². The van der Waals surface area contributed by atoms with Gasteiger partial charge in [0.1, 0.15) is 0 Å². The lowest BCUT2D eigenvalue weighted by Crippen LogP contribution is -1.91. The Labute approximate surface area is 90.8 Å². The standard InChI is InChI=1S/C10H9ClS2/c11-10(9-2-4-13-7-9)5-8-1-3-12-6-8/h1-4,6-7,10H,5H2. The number of hydrogen-bond donors (Lipinski definition) is 0. The van der Waals surface area contributed by atoms with E-state index in [9.17, 15) is 0 Å². The van der Waals surface area contributed by atoms with Crippen molar-refractivity contribution in [2.24, 2.45) is 0 Å². The van der Waals surface area contributed by atoms with Gasteiger partial charge in [0.25, 0.3) is 0 Å². The Morgan fingerprint density at radius 2 is 1.92 bits per heavy atom. The van der Waals surface area contributed by atoms with E-state index in [-0.39, 0.29) is 5.38 Å². The lowest BCUT2D eigenvalue weighted by Gasteiger charge is -2.04. The lowest BCUT2D eigenvalue weighted by atomic mass is 10.1. The number of alkyl halides is 1. The van der Waals surface area contributed by atoms with Crippen LogP contribution in [0.5, 0.6) is 0 Å². The molecule has 0 amide bonds. The maximum absolute atomic E-state index is 6.25. The van der Waals surface area contributed by atoms with E-state index in [0.717, 1.165) is 6.42 Å². The first-order valence-corrected chi connectivity index (χ1v) is 6.35. The smallest absolute Gasteiger partial charge is 0.0633 e. The zero-order valence-electron chi connectivity index (χ0n) is 6.94. The highest BCUT2D eigenvalue weighted by Crippen LogP contribution is 2.27. The predicted octanol–water partition coefficient (Wildman–Crippen LogP) is 4.33. The van der Waals surface area contributed by atoms with Crippen molar-refractivity contribution in [3.8, 4) is 0 Å². The predicted molar refractivity (Wildman–Crippen MR) is 60.9 cm³/mol. The van der Waals surface area contributed by atoms with Crippen molar-refractivity contribution in [2.75, 3.05) is 0 Å². The van der Waals surface area contributed by atoms with Crippen LogP contribution in [0.4, 0.5) is 0 Å². The van der Waals surface area contributed by atoms with Gasteiger partial charge in [0.2, 0.25) is 0 Å². The van der Waals surface area contributed by atoms with Crippen LogP contribution in [-0.2, 0) is 6.42 Å². The topological polar surface area (TPSA) is 0 Å². The summed E-state index contributed by atoms with van der Waals surface area (Å²) in [4.78, 5) is 0. The molecule has 0 spiro atoms. The van der Waals surface area contributed by atoms with Crippen LogP contribution >= 0.6 is 34.3 Å². The van der Waals surface area contributed by atoms with E-state index in [0.29, 0.717) is 0 Å². The van der Waals surface area contributed by atoms with Crippen molar-refractivity contribution < 1.29 is 0 Å². The van der Waals surface area contributed by atoms with Crippen LogP contribution in [0.3, 0.4) is 0 Å². The third-order valence-corrected chi connectivity index (χ3v) is 3.74. The summed E-state index contributed by atoms with van der Waals surface area (Å²) >= 11 is 9.67. The first-order valence-electron chi connectivity index (χ1n) is 4.03. The van der Waals surface area contributed by atoms with Gasteiger partial charge in [0, 0.05) is 0 Å². The van der Waals surface area contributed by atoms with Gasteiger partial charge in [-0.2, -0.15) is 22.7 Å². The van der Waals surface area contributed by atoms with Crippen LogP contribution in [0, 0.1) is 0 Å². The molecule has 1 unspecified atom stereocenters. The second-order valence-corrected chi connectivity index (χ2v) is 4.95. The second kappa shape index (κ2) is 4.27. The lowest BCUT2D eigenvalue weighted by molar-refractivity contribution is 0.930. The van der Waals surface area contributed by atoms with E-state index < -0.39 is 0 Å². The molecule has 0 radical (unpaired) electrons. The van der Waals surface area contributed by atoms with Gasteiger partial charge in [-0.3, -0.25) is 0 Å². The maximum Gasteiger partial charge on any atom is 0.0633 e. The van der Waals surface area contributed by atoms with E-state index in [4.69, 9.17) is 11.6 Å². The monoisotopic (exact) mass is 228 g/mol. The molecule has 0 aliphatic rings. The van der Waals surface area contributed by atoms with Gasteiger partial charge in [-0.25, -0.2) is 0 Å². The Morgan fingerprint density at radius 1 is 1.15 bits per heavy atom. The third kappa shape index (κ3) is 2.33. The summed E-state index contributed by atoms with van der Waals surface area (Å²) in [5.74, 6) is 0. The van der Waals surface area contributed by atoms with Crippen molar-refractivity contribution in [3.05, 3.63) is 44.8 Å². The normalized spacial score (nSPS) is 13.0. The van der Waals surface area contributed by atoms with Crippen LogP contribution in [0.2, 0.25) is 0 Å². The number of hydrogen-bond acceptors (Lipinski definition) is 2. The van der Waals surface area contributed by atoms with Gasteiger partial charge < -0.3 is 0 Å². The fraction of sp³-hybridized carbons (Fsp3) is 0.200. The van der Waals surface area contributed by atoms with Crippen LogP contribution in [0.15, 0.2) is 33.7 Å². The molecule has 0 aliphatic heterocycles. The van der Waals surface area contributed by atoms with E-state index in [1.165, 1.54) is 11.1 Å². The molecule has 1 atom stereocenters. The summed E-state index contributed by atoms with van der Waals surface area (Å²) in [6.07, 6.45) is 0.932. The number of halogens is 1.